The van der Waals surface area contributed by atoms with Crippen molar-refractivity contribution in [2.45, 2.75) is 19.4 Å². The minimum Gasteiger partial charge on any atom is -0.345 e. The van der Waals surface area contributed by atoms with Crippen LogP contribution in [0.2, 0.25) is 5.02 Å². The van der Waals surface area contributed by atoms with Crippen LogP contribution in [0.4, 0.5) is 0 Å². The molecule has 1 aromatic rings. The molecule has 1 N–H and O–H groups in total. The van der Waals surface area contributed by atoms with Gasteiger partial charge in [-0.15, -0.1) is 0 Å². The number of nitrogens with zero attached hydrogens (tertiary/aromatic N) is 1. The highest BCUT2D eigenvalue weighted by Crippen LogP contribution is 2.22. The Bertz CT molecular complexity index is 452. The molecule has 1 aliphatic rings. The third-order valence-electron chi connectivity index (χ3n) is 2.47. The summed E-state index contributed by atoms with van der Waals surface area (Å²) in [7, 11) is 0. The van der Waals surface area contributed by atoms with Gasteiger partial charge in [0.25, 0.3) is 0 Å². The van der Waals surface area contributed by atoms with Crippen LogP contribution in [0, 0.1) is 0 Å². The lowest BCUT2D eigenvalue weighted by atomic mass is 10.1. The van der Waals surface area contributed by atoms with Gasteiger partial charge in [0.05, 0.1) is 16.1 Å². The van der Waals surface area contributed by atoms with E-state index >= 15 is 0 Å². The molecule has 84 valence electrons. The van der Waals surface area contributed by atoms with Crippen molar-refractivity contribution in [1.82, 2.24) is 5.32 Å². The van der Waals surface area contributed by atoms with Gasteiger partial charge in [-0.1, -0.05) is 42.3 Å². The van der Waals surface area contributed by atoms with Crippen molar-refractivity contribution < 1.29 is 0 Å². The molecule has 2 nitrogen and oxygen atoms in total. The predicted octanol–water partition coefficient (Wildman–Crippen LogP) is 3.55. The first-order valence-corrected chi connectivity index (χ1v) is 5.92. The highest BCUT2D eigenvalue weighted by molar-refractivity contribution is 6.34. The van der Waals surface area contributed by atoms with E-state index in [1.165, 1.54) is 0 Å². The van der Waals surface area contributed by atoms with Crippen molar-refractivity contribution in [2.24, 2.45) is 4.99 Å². The smallest absolute Gasteiger partial charge is 0.134 e. The molecule has 0 fully saturated rings. The second-order valence-electron chi connectivity index (χ2n) is 3.56. The summed E-state index contributed by atoms with van der Waals surface area (Å²) in [6, 6.07) is 7.66. The monoisotopic (exact) mass is 254 g/mol. The molecular formula is C12H12Cl2N2. The van der Waals surface area contributed by atoms with E-state index in [0.29, 0.717) is 5.02 Å². The van der Waals surface area contributed by atoms with Crippen LogP contribution in [0.5, 0.6) is 0 Å². The Kier molecular flexibility index (Phi) is 3.52. The van der Waals surface area contributed by atoms with Gasteiger partial charge in [-0.05, 0) is 18.6 Å². The molecule has 0 saturated heterocycles. The normalized spacial score (nSPS) is 19.8. The summed E-state index contributed by atoms with van der Waals surface area (Å²) in [5.74, 6) is 0.779. The molecule has 0 aliphatic carbocycles. The van der Waals surface area contributed by atoms with Crippen LogP contribution < -0.4 is 5.32 Å². The number of halogens is 2. The van der Waals surface area contributed by atoms with Crippen molar-refractivity contribution in [3.8, 4) is 0 Å². The fraction of sp³-hybridized carbons (Fsp3) is 0.250. The van der Waals surface area contributed by atoms with Gasteiger partial charge in [0, 0.05) is 11.8 Å². The van der Waals surface area contributed by atoms with Crippen molar-refractivity contribution in [2.75, 3.05) is 0 Å². The third kappa shape index (κ3) is 2.23. The molecule has 1 unspecified atom stereocenters. The van der Waals surface area contributed by atoms with Gasteiger partial charge in [0.15, 0.2) is 0 Å². The Labute approximate surface area is 105 Å². The number of benzene rings is 1. The van der Waals surface area contributed by atoms with Gasteiger partial charge in [0.1, 0.15) is 5.84 Å². The van der Waals surface area contributed by atoms with Crippen LogP contribution in [0.3, 0.4) is 0 Å². The lowest BCUT2D eigenvalue weighted by Crippen LogP contribution is -2.27. The number of amidine groups is 1. The molecule has 0 saturated carbocycles. The number of hydrogen-bond acceptors (Lipinski definition) is 2. The molecule has 2 rings (SSSR count). The second kappa shape index (κ2) is 4.89. The van der Waals surface area contributed by atoms with Crippen LogP contribution in [-0.2, 0) is 0 Å². The zero-order chi connectivity index (χ0) is 11.5. The van der Waals surface area contributed by atoms with Gasteiger partial charge < -0.3 is 5.32 Å². The minimum atomic E-state index is 0.0363. The fourth-order valence-corrected chi connectivity index (χ4v) is 2.06. The lowest BCUT2D eigenvalue weighted by Gasteiger charge is -2.19. The van der Waals surface area contributed by atoms with E-state index in [2.05, 4.69) is 17.2 Å². The van der Waals surface area contributed by atoms with E-state index in [4.69, 9.17) is 23.2 Å². The Hall–Kier alpha value is -0.990. The average molecular weight is 255 g/mol. The zero-order valence-corrected chi connectivity index (χ0v) is 10.4. The van der Waals surface area contributed by atoms with Gasteiger partial charge in [-0.3, -0.25) is 4.99 Å². The van der Waals surface area contributed by atoms with E-state index in [9.17, 15) is 0 Å². The van der Waals surface area contributed by atoms with Crippen molar-refractivity contribution in [3.05, 3.63) is 46.1 Å². The first kappa shape index (κ1) is 11.5. The largest absolute Gasteiger partial charge is 0.345 e. The summed E-state index contributed by atoms with van der Waals surface area (Å²) < 4.78 is 0. The molecule has 4 heteroatoms. The number of aliphatic imine (C=N–C) groups is 1. The summed E-state index contributed by atoms with van der Waals surface area (Å²) in [5.41, 5.74) is 0.906. The van der Waals surface area contributed by atoms with E-state index in [1.54, 1.807) is 6.20 Å². The van der Waals surface area contributed by atoms with Crippen molar-refractivity contribution >= 4 is 29.0 Å². The molecular weight excluding hydrogens is 243 g/mol. The molecule has 1 atom stereocenters. The van der Waals surface area contributed by atoms with Crippen molar-refractivity contribution in [1.29, 1.82) is 0 Å². The Morgan fingerprint density at radius 3 is 2.75 bits per heavy atom. The van der Waals surface area contributed by atoms with Gasteiger partial charge in [-0.2, -0.15) is 0 Å². The standard InChI is InChI=1S/C12H12Cl2N2/c1-2-11-10(14)7-15-12(16-11)8-5-3-4-6-9(8)13/h3-7,11H,2H2,1H3,(H,15,16). The maximum atomic E-state index is 6.11. The van der Waals surface area contributed by atoms with Crippen LogP contribution in [0.1, 0.15) is 18.9 Å². The van der Waals surface area contributed by atoms with E-state index in [1.807, 2.05) is 24.3 Å². The summed E-state index contributed by atoms with van der Waals surface area (Å²) >= 11 is 12.1. The number of rotatable bonds is 2. The Morgan fingerprint density at radius 2 is 2.06 bits per heavy atom. The molecule has 16 heavy (non-hydrogen) atoms. The van der Waals surface area contributed by atoms with Gasteiger partial charge in [0.2, 0.25) is 0 Å². The number of nitrogens with one attached hydrogen (secondary N) is 1. The predicted molar refractivity (Wildman–Crippen MR) is 69.1 cm³/mol. The van der Waals surface area contributed by atoms with E-state index in [0.717, 1.165) is 22.9 Å². The SMILES string of the molecule is CCC1N=C(c2ccccc2Cl)NC=C1Cl. The maximum absolute atomic E-state index is 6.11. The highest BCUT2D eigenvalue weighted by atomic mass is 35.5. The highest BCUT2D eigenvalue weighted by Gasteiger charge is 2.17. The molecule has 0 bridgehead atoms. The average Bonchev–Trinajstić information content (AvgIpc) is 2.31. The van der Waals surface area contributed by atoms with Crippen LogP contribution in [-0.4, -0.2) is 11.9 Å². The summed E-state index contributed by atoms with van der Waals surface area (Å²) in [5, 5.41) is 4.49. The molecule has 1 aromatic carbocycles. The topological polar surface area (TPSA) is 24.4 Å². The molecule has 1 aliphatic heterocycles. The third-order valence-corrected chi connectivity index (χ3v) is 3.16. The van der Waals surface area contributed by atoms with E-state index in [-0.39, 0.29) is 6.04 Å². The van der Waals surface area contributed by atoms with Crippen molar-refractivity contribution in [3.63, 3.8) is 0 Å². The molecule has 1 heterocycles. The quantitative estimate of drug-likeness (QED) is 0.858. The number of hydrogen-bond donors (Lipinski definition) is 1. The van der Waals surface area contributed by atoms with E-state index < -0.39 is 0 Å². The molecule has 0 aromatic heterocycles. The maximum Gasteiger partial charge on any atom is 0.134 e. The van der Waals surface area contributed by atoms with Crippen LogP contribution >= 0.6 is 23.2 Å². The Balaban J connectivity index is 2.34. The van der Waals surface area contributed by atoms with Gasteiger partial charge >= 0.3 is 0 Å². The molecule has 0 amide bonds. The molecule has 0 spiro atoms. The summed E-state index contributed by atoms with van der Waals surface area (Å²) in [6.45, 7) is 2.06. The summed E-state index contributed by atoms with van der Waals surface area (Å²) in [6.07, 6.45) is 2.66. The first-order valence-electron chi connectivity index (χ1n) is 5.17. The first-order chi connectivity index (χ1) is 7.72. The van der Waals surface area contributed by atoms with Gasteiger partial charge in [-0.25, -0.2) is 0 Å². The van der Waals surface area contributed by atoms with Crippen LogP contribution in [0.15, 0.2) is 40.5 Å². The Morgan fingerprint density at radius 1 is 1.31 bits per heavy atom. The summed E-state index contributed by atoms with van der Waals surface area (Å²) in [4.78, 5) is 4.53. The minimum absolute atomic E-state index is 0.0363. The van der Waals surface area contributed by atoms with Crippen LogP contribution in [0.25, 0.3) is 0 Å². The zero-order valence-electron chi connectivity index (χ0n) is 8.87. The second-order valence-corrected chi connectivity index (χ2v) is 4.40. The molecule has 0 radical (unpaired) electrons. The fourth-order valence-electron chi connectivity index (χ4n) is 1.58. The lowest BCUT2D eigenvalue weighted by molar-refractivity contribution is 0.751.